The first-order valence-corrected chi connectivity index (χ1v) is 11.8. The summed E-state index contributed by atoms with van der Waals surface area (Å²) in [5.74, 6) is 2.02. The molecular weight excluding hydrogens is 408 g/mol. The summed E-state index contributed by atoms with van der Waals surface area (Å²) >= 11 is 0. The molecule has 0 spiro atoms. The van der Waals surface area contributed by atoms with E-state index in [1.807, 2.05) is 18.2 Å². The third kappa shape index (κ3) is 6.49. The van der Waals surface area contributed by atoms with Crippen molar-refractivity contribution in [3.8, 4) is 11.6 Å². The molecule has 2 aromatic rings. The number of aromatic nitrogens is 3. The van der Waals surface area contributed by atoms with Gasteiger partial charge >= 0.3 is 0 Å². The lowest BCUT2D eigenvalue weighted by Gasteiger charge is -2.35. The molecule has 0 radical (unpaired) electrons. The fourth-order valence-corrected chi connectivity index (χ4v) is 4.05. The van der Waals surface area contributed by atoms with Crippen molar-refractivity contribution < 1.29 is 14.0 Å². The van der Waals surface area contributed by atoms with Gasteiger partial charge < -0.3 is 24.2 Å². The Morgan fingerprint density at radius 3 is 2.91 bits per heavy atom. The third-order valence-corrected chi connectivity index (χ3v) is 5.82. The van der Waals surface area contributed by atoms with E-state index in [1.165, 1.54) is 12.8 Å². The van der Waals surface area contributed by atoms with Gasteiger partial charge in [-0.15, -0.1) is 0 Å². The van der Waals surface area contributed by atoms with E-state index in [0.717, 1.165) is 58.1 Å². The molecule has 9 heteroatoms. The van der Waals surface area contributed by atoms with Crippen molar-refractivity contribution in [2.45, 2.75) is 57.7 Å². The number of likely N-dealkylation sites (tertiary alicyclic amines) is 1. The number of aliphatic imine (C=N–C) groups is 1. The van der Waals surface area contributed by atoms with Crippen LogP contribution in [0.15, 0.2) is 33.9 Å². The van der Waals surface area contributed by atoms with Gasteiger partial charge in [-0.05, 0) is 51.2 Å². The number of ether oxygens (including phenoxy) is 2. The zero-order chi connectivity index (χ0) is 22.0. The second-order valence-electron chi connectivity index (χ2n) is 8.22. The Morgan fingerprint density at radius 2 is 2.16 bits per heavy atom. The van der Waals surface area contributed by atoms with E-state index in [0.29, 0.717) is 36.5 Å². The van der Waals surface area contributed by atoms with Gasteiger partial charge in [-0.2, -0.15) is 4.98 Å². The van der Waals surface area contributed by atoms with Crippen LogP contribution in [0.2, 0.25) is 0 Å². The van der Waals surface area contributed by atoms with Crippen LogP contribution in [0.5, 0.6) is 0 Å². The van der Waals surface area contributed by atoms with E-state index >= 15 is 0 Å². The number of guanidine groups is 1. The predicted octanol–water partition coefficient (Wildman–Crippen LogP) is 2.69. The molecule has 174 valence electrons. The van der Waals surface area contributed by atoms with Crippen LogP contribution in [-0.2, 0) is 15.9 Å². The second-order valence-corrected chi connectivity index (χ2v) is 8.22. The van der Waals surface area contributed by atoms with Crippen LogP contribution in [-0.4, -0.2) is 77.6 Å². The normalized spacial score (nSPS) is 20.5. The van der Waals surface area contributed by atoms with Crippen LogP contribution in [0, 0.1) is 0 Å². The topological polar surface area (TPSA) is 97.9 Å². The second kappa shape index (κ2) is 11.9. The van der Waals surface area contributed by atoms with E-state index in [1.54, 1.807) is 6.20 Å². The fraction of sp³-hybridized carbons (Fsp3) is 0.652. The molecule has 0 aromatic carbocycles. The Balaban J connectivity index is 1.23. The molecule has 2 aliphatic rings. The number of pyridine rings is 1. The van der Waals surface area contributed by atoms with Crippen molar-refractivity contribution in [3.63, 3.8) is 0 Å². The van der Waals surface area contributed by atoms with Gasteiger partial charge in [0.15, 0.2) is 11.8 Å². The highest BCUT2D eigenvalue weighted by Gasteiger charge is 2.23. The summed E-state index contributed by atoms with van der Waals surface area (Å²) in [5.41, 5.74) is 0.684. The summed E-state index contributed by atoms with van der Waals surface area (Å²) in [5, 5.41) is 7.47. The number of nitrogens with zero attached hydrogens (tertiary/aromatic N) is 5. The average Bonchev–Trinajstić information content (AvgIpc) is 3.33. The fourth-order valence-electron chi connectivity index (χ4n) is 4.05. The number of hydrogen-bond acceptors (Lipinski definition) is 7. The molecule has 0 bridgehead atoms. The maximum absolute atomic E-state index is 6.14. The number of nitrogens with one attached hydrogen (secondary N) is 1. The summed E-state index contributed by atoms with van der Waals surface area (Å²) in [6.07, 6.45) is 8.50. The van der Waals surface area contributed by atoms with Gasteiger partial charge in [-0.3, -0.25) is 9.98 Å². The van der Waals surface area contributed by atoms with Gasteiger partial charge in [0.2, 0.25) is 0 Å². The minimum absolute atomic E-state index is 0.281. The summed E-state index contributed by atoms with van der Waals surface area (Å²) in [4.78, 5) is 15.8. The van der Waals surface area contributed by atoms with Gasteiger partial charge in [0, 0.05) is 45.4 Å². The van der Waals surface area contributed by atoms with E-state index in [-0.39, 0.29) is 6.10 Å². The molecule has 0 aliphatic carbocycles. The van der Waals surface area contributed by atoms with E-state index in [9.17, 15) is 0 Å². The van der Waals surface area contributed by atoms with Gasteiger partial charge in [-0.1, -0.05) is 11.2 Å². The molecule has 2 aliphatic heterocycles. The van der Waals surface area contributed by atoms with E-state index < -0.39 is 0 Å². The van der Waals surface area contributed by atoms with E-state index in [2.05, 4.69) is 32.3 Å². The minimum Gasteiger partial charge on any atom is -0.376 e. The van der Waals surface area contributed by atoms with Crippen molar-refractivity contribution in [3.05, 3.63) is 30.2 Å². The molecule has 2 saturated heterocycles. The number of hydrogen-bond donors (Lipinski definition) is 1. The van der Waals surface area contributed by atoms with Crippen molar-refractivity contribution in [2.75, 3.05) is 39.4 Å². The van der Waals surface area contributed by atoms with Crippen molar-refractivity contribution in [2.24, 2.45) is 4.99 Å². The largest absolute Gasteiger partial charge is 0.376 e. The van der Waals surface area contributed by atoms with Crippen LogP contribution in [0.3, 0.4) is 0 Å². The van der Waals surface area contributed by atoms with Crippen LogP contribution in [0.1, 0.15) is 44.9 Å². The van der Waals surface area contributed by atoms with Crippen LogP contribution in [0.4, 0.5) is 0 Å². The van der Waals surface area contributed by atoms with Gasteiger partial charge in [0.05, 0.1) is 18.8 Å². The van der Waals surface area contributed by atoms with Crippen LogP contribution >= 0.6 is 0 Å². The molecule has 2 aromatic heterocycles. The molecule has 1 atom stereocenters. The molecule has 9 nitrogen and oxygen atoms in total. The Morgan fingerprint density at radius 1 is 1.25 bits per heavy atom. The zero-order valence-corrected chi connectivity index (χ0v) is 18.9. The van der Waals surface area contributed by atoms with Crippen LogP contribution < -0.4 is 5.32 Å². The predicted molar refractivity (Wildman–Crippen MR) is 121 cm³/mol. The molecular formula is C23H34N6O3. The number of rotatable bonds is 8. The van der Waals surface area contributed by atoms with Crippen molar-refractivity contribution >= 4 is 5.96 Å². The highest BCUT2D eigenvalue weighted by Crippen LogP contribution is 2.18. The Kier molecular flexibility index (Phi) is 8.44. The quantitative estimate of drug-likeness (QED) is 0.492. The van der Waals surface area contributed by atoms with Crippen LogP contribution in [0.25, 0.3) is 11.6 Å². The Bertz CT molecular complexity index is 829. The lowest BCUT2D eigenvalue weighted by molar-refractivity contribution is -0.0721. The monoisotopic (exact) mass is 442 g/mol. The summed E-state index contributed by atoms with van der Waals surface area (Å²) in [7, 11) is 0. The molecule has 2 fully saturated rings. The lowest BCUT2D eigenvalue weighted by atomic mass is 10.1. The Labute approximate surface area is 189 Å². The van der Waals surface area contributed by atoms with Crippen molar-refractivity contribution in [1.29, 1.82) is 0 Å². The summed E-state index contributed by atoms with van der Waals surface area (Å²) in [6.45, 7) is 7.00. The van der Waals surface area contributed by atoms with Crippen molar-refractivity contribution in [1.82, 2.24) is 25.3 Å². The first kappa shape index (κ1) is 22.7. The van der Waals surface area contributed by atoms with Gasteiger partial charge in [0.1, 0.15) is 5.69 Å². The lowest BCUT2D eigenvalue weighted by Crippen LogP contribution is -2.47. The first-order chi connectivity index (χ1) is 15.8. The average molecular weight is 443 g/mol. The maximum atomic E-state index is 6.14. The molecule has 4 rings (SSSR count). The molecule has 1 unspecified atom stereocenters. The number of piperidine rings is 1. The SMILES string of the molecule is CCNC(=NCCc1noc(-c2ccccn2)n1)N1CCC(OCC2CCCCO2)CC1. The van der Waals surface area contributed by atoms with Gasteiger partial charge in [-0.25, -0.2) is 0 Å². The highest BCUT2D eigenvalue weighted by atomic mass is 16.5. The standard InChI is InChI=1S/C23H34N6O3/c1-2-24-23(26-13-9-21-27-22(32-28-21)20-8-3-5-12-25-20)29-14-10-18(11-15-29)31-17-19-7-4-6-16-30-19/h3,5,8,12,18-19H,2,4,6-7,9-11,13-17H2,1H3,(H,24,26). The zero-order valence-electron chi connectivity index (χ0n) is 18.9. The molecule has 32 heavy (non-hydrogen) atoms. The molecule has 0 saturated carbocycles. The highest BCUT2D eigenvalue weighted by molar-refractivity contribution is 5.80. The molecule has 0 amide bonds. The van der Waals surface area contributed by atoms with E-state index in [4.69, 9.17) is 19.0 Å². The maximum Gasteiger partial charge on any atom is 0.276 e. The Hall–Kier alpha value is -2.52. The molecule has 1 N–H and O–H groups in total. The first-order valence-electron chi connectivity index (χ1n) is 11.8. The summed E-state index contributed by atoms with van der Waals surface area (Å²) < 4.78 is 17.3. The minimum atomic E-state index is 0.281. The third-order valence-electron chi connectivity index (χ3n) is 5.82. The summed E-state index contributed by atoms with van der Waals surface area (Å²) in [6, 6.07) is 5.61. The smallest absolute Gasteiger partial charge is 0.276 e. The molecule has 4 heterocycles. The van der Waals surface area contributed by atoms with Gasteiger partial charge in [0.25, 0.3) is 5.89 Å².